The van der Waals surface area contributed by atoms with Crippen molar-refractivity contribution in [1.29, 1.82) is 0 Å². The highest BCUT2D eigenvalue weighted by Gasteiger charge is 2.52. The third-order valence-corrected chi connectivity index (χ3v) is 3.65. The molecule has 1 heterocycles. The van der Waals surface area contributed by atoms with Crippen molar-refractivity contribution in [2.45, 2.75) is 74.5 Å². The van der Waals surface area contributed by atoms with Crippen LogP contribution in [0.15, 0.2) is 0 Å². The van der Waals surface area contributed by atoms with Crippen LogP contribution in [0.25, 0.3) is 0 Å². The van der Waals surface area contributed by atoms with Crippen molar-refractivity contribution >= 4 is 0 Å². The third-order valence-electron chi connectivity index (χ3n) is 3.65. The smallest absolute Gasteiger partial charge is 0.107 e. The van der Waals surface area contributed by atoms with Gasteiger partial charge in [0.1, 0.15) is 12.2 Å². The van der Waals surface area contributed by atoms with Gasteiger partial charge in [-0.15, -0.1) is 0 Å². The predicted octanol–water partition coefficient (Wildman–Crippen LogP) is 4.37. The molecule has 3 nitrogen and oxygen atoms in total. The maximum atomic E-state index is 5.48. The molecule has 0 aromatic rings. The van der Waals surface area contributed by atoms with Gasteiger partial charge in [0.25, 0.3) is 0 Å². The fourth-order valence-electron chi connectivity index (χ4n) is 2.66. The summed E-state index contributed by atoms with van der Waals surface area (Å²) in [5.74, 6) is 0.284. The van der Waals surface area contributed by atoms with Gasteiger partial charge in [-0.1, -0.05) is 67.4 Å². The molecule has 0 aromatic carbocycles. The van der Waals surface area contributed by atoms with Gasteiger partial charge in [0.15, 0.2) is 0 Å². The zero-order chi connectivity index (χ0) is 14.4. The summed E-state index contributed by atoms with van der Waals surface area (Å²) in [5.41, 5.74) is 0.135. The second kappa shape index (κ2) is 4.77. The van der Waals surface area contributed by atoms with E-state index in [1.54, 1.807) is 0 Å². The van der Waals surface area contributed by atoms with Crippen LogP contribution >= 0.6 is 0 Å². The molecule has 0 bridgehead atoms. The van der Waals surface area contributed by atoms with Crippen LogP contribution in [0.1, 0.15) is 62.3 Å². The highest BCUT2D eigenvalue weighted by Crippen LogP contribution is 2.48. The van der Waals surface area contributed by atoms with Crippen molar-refractivity contribution in [2.75, 3.05) is 0 Å². The Kier molecular flexibility index (Phi) is 4.22. The Hall–Kier alpha value is -0.120. The van der Waals surface area contributed by atoms with Gasteiger partial charge in [-0.3, -0.25) is 0 Å². The topological polar surface area (TPSA) is 27.7 Å². The number of hydrogen-bond donors (Lipinski definition) is 0. The maximum Gasteiger partial charge on any atom is 0.107 e. The van der Waals surface area contributed by atoms with E-state index >= 15 is 0 Å². The Balaban J connectivity index is 3.14. The summed E-state index contributed by atoms with van der Waals surface area (Å²) >= 11 is 0. The zero-order valence-corrected chi connectivity index (χ0v) is 13.5. The minimum atomic E-state index is 0.0191. The molecule has 2 atom stereocenters. The third kappa shape index (κ3) is 3.46. The van der Waals surface area contributed by atoms with Crippen molar-refractivity contribution in [3.8, 4) is 0 Å². The van der Waals surface area contributed by atoms with Crippen LogP contribution in [0, 0.1) is 22.2 Å². The van der Waals surface area contributed by atoms with Crippen molar-refractivity contribution in [3.63, 3.8) is 0 Å². The first-order valence-electron chi connectivity index (χ1n) is 6.84. The van der Waals surface area contributed by atoms with Gasteiger partial charge in [0.2, 0.25) is 0 Å². The summed E-state index contributed by atoms with van der Waals surface area (Å²) in [6.07, 6.45) is 0.0472. The Morgan fingerprint density at radius 2 is 0.889 bits per heavy atom. The van der Waals surface area contributed by atoms with E-state index in [1.165, 1.54) is 0 Å². The van der Waals surface area contributed by atoms with Gasteiger partial charge >= 0.3 is 0 Å². The molecule has 1 aliphatic rings. The van der Waals surface area contributed by atoms with Crippen molar-refractivity contribution < 1.29 is 14.8 Å². The summed E-state index contributed by atoms with van der Waals surface area (Å²) in [6, 6.07) is 0. The van der Waals surface area contributed by atoms with Gasteiger partial charge in [-0.05, 0) is 16.2 Å². The van der Waals surface area contributed by atoms with Gasteiger partial charge in [0, 0.05) is 5.92 Å². The second-order valence-corrected chi connectivity index (χ2v) is 8.73. The quantitative estimate of drug-likeness (QED) is 0.604. The lowest BCUT2D eigenvalue weighted by atomic mass is 9.63. The van der Waals surface area contributed by atoms with E-state index in [2.05, 4.69) is 62.3 Å². The first-order chi connectivity index (χ1) is 7.85. The van der Waals surface area contributed by atoms with E-state index in [0.29, 0.717) is 0 Å². The van der Waals surface area contributed by atoms with E-state index in [4.69, 9.17) is 14.8 Å². The van der Waals surface area contributed by atoms with E-state index < -0.39 is 0 Å². The molecule has 108 valence electrons. The molecular formula is C15H30O3. The standard InChI is InChI=1S/C15H30O3/c1-13(2,3)10-11(14(4,5)6)16-18-17-12(10)15(7,8)9/h10-12H,1-9H3. The highest BCUT2D eigenvalue weighted by atomic mass is 17.5. The molecule has 0 radical (unpaired) electrons. The normalized spacial score (nSPS) is 31.5. The number of rotatable bonds is 0. The number of hydrogen-bond acceptors (Lipinski definition) is 3. The molecule has 2 unspecified atom stereocenters. The molecule has 1 saturated heterocycles. The van der Waals surface area contributed by atoms with Crippen LogP contribution in [0.2, 0.25) is 0 Å². The minimum Gasteiger partial charge on any atom is -0.202 e. The minimum absolute atomic E-state index is 0.0191. The molecule has 1 rings (SSSR count). The molecule has 3 heteroatoms. The molecule has 0 spiro atoms. The molecule has 18 heavy (non-hydrogen) atoms. The largest absolute Gasteiger partial charge is 0.202 e. The van der Waals surface area contributed by atoms with Crippen LogP contribution in [0.4, 0.5) is 0 Å². The van der Waals surface area contributed by atoms with Crippen LogP contribution < -0.4 is 0 Å². The van der Waals surface area contributed by atoms with Crippen LogP contribution in [-0.4, -0.2) is 12.2 Å². The van der Waals surface area contributed by atoms with E-state index in [-0.39, 0.29) is 34.4 Å². The Morgan fingerprint density at radius 3 is 1.11 bits per heavy atom. The first-order valence-corrected chi connectivity index (χ1v) is 6.84. The molecule has 0 aliphatic carbocycles. The molecule has 0 amide bonds. The Morgan fingerprint density at radius 1 is 0.556 bits per heavy atom. The van der Waals surface area contributed by atoms with Crippen molar-refractivity contribution in [1.82, 2.24) is 0 Å². The summed E-state index contributed by atoms with van der Waals surface area (Å²) in [4.78, 5) is 11.0. The molecule has 1 aliphatic heterocycles. The summed E-state index contributed by atoms with van der Waals surface area (Å²) in [6.45, 7) is 19.8. The van der Waals surface area contributed by atoms with Gasteiger partial charge in [-0.25, -0.2) is 9.78 Å². The average molecular weight is 258 g/mol. The SMILES string of the molecule is CC(C)(C)C1OOOC(C(C)(C)C)C1C(C)(C)C. The fourth-order valence-corrected chi connectivity index (χ4v) is 2.66. The zero-order valence-electron chi connectivity index (χ0n) is 13.5. The Bertz CT molecular complexity index is 256. The first kappa shape index (κ1) is 15.9. The van der Waals surface area contributed by atoms with Crippen LogP contribution in [-0.2, 0) is 14.8 Å². The van der Waals surface area contributed by atoms with E-state index in [9.17, 15) is 0 Å². The summed E-state index contributed by atoms with van der Waals surface area (Å²) in [7, 11) is 0. The fraction of sp³-hybridized carbons (Fsp3) is 1.00. The van der Waals surface area contributed by atoms with Gasteiger partial charge in [-0.2, -0.15) is 0 Å². The maximum absolute atomic E-state index is 5.48. The van der Waals surface area contributed by atoms with E-state index in [1.807, 2.05) is 0 Å². The summed E-state index contributed by atoms with van der Waals surface area (Å²) in [5, 5.41) is 4.97. The molecule has 0 aromatic heterocycles. The molecule has 1 fully saturated rings. The van der Waals surface area contributed by atoms with Crippen molar-refractivity contribution in [3.05, 3.63) is 0 Å². The lowest BCUT2D eigenvalue weighted by molar-refractivity contribution is -0.593. The van der Waals surface area contributed by atoms with Crippen LogP contribution in [0.3, 0.4) is 0 Å². The second-order valence-electron chi connectivity index (χ2n) is 8.73. The highest BCUT2D eigenvalue weighted by molar-refractivity contribution is 4.96. The average Bonchev–Trinajstić information content (AvgIpc) is 2.12. The lowest BCUT2D eigenvalue weighted by Gasteiger charge is -2.51. The molecular weight excluding hydrogens is 228 g/mol. The monoisotopic (exact) mass is 258 g/mol. The van der Waals surface area contributed by atoms with Gasteiger partial charge < -0.3 is 0 Å². The summed E-state index contributed by atoms with van der Waals surface area (Å²) < 4.78 is 0. The van der Waals surface area contributed by atoms with Crippen LogP contribution in [0.5, 0.6) is 0 Å². The van der Waals surface area contributed by atoms with Gasteiger partial charge in [0.05, 0.1) is 0 Å². The molecule has 0 N–H and O–H groups in total. The lowest BCUT2D eigenvalue weighted by Crippen LogP contribution is -2.56. The van der Waals surface area contributed by atoms with E-state index in [0.717, 1.165) is 0 Å². The van der Waals surface area contributed by atoms with Crippen molar-refractivity contribution in [2.24, 2.45) is 22.2 Å². The Labute approximate surface area is 112 Å². The predicted molar refractivity (Wildman–Crippen MR) is 72.7 cm³/mol. The molecule has 0 saturated carbocycles.